The molecule has 0 aliphatic carbocycles. The summed E-state index contributed by atoms with van der Waals surface area (Å²) in [5.41, 5.74) is 3.03. The molecule has 0 atom stereocenters. The average molecular weight is 434 g/mol. The summed E-state index contributed by atoms with van der Waals surface area (Å²) in [4.78, 5) is 28.5. The maximum absolute atomic E-state index is 12.3. The van der Waals surface area contributed by atoms with Gasteiger partial charge in [0.2, 0.25) is 5.01 Å². The lowest BCUT2D eigenvalue weighted by Crippen LogP contribution is -2.11. The first-order valence-corrected chi connectivity index (χ1v) is 10.3. The molecule has 1 N–H and O–H groups in total. The van der Waals surface area contributed by atoms with Crippen molar-refractivity contribution in [2.45, 2.75) is 20.0 Å². The van der Waals surface area contributed by atoms with Gasteiger partial charge in [0.25, 0.3) is 5.91 Å². The van der Waals surface area contributed by atoms with Gasteiger partial charge in [0.15, 0.2) is 5.01 Å². The minimum absolute atomic E-state index is 0.0696. The van der Waals surface area contributed by atoms with E-state index in [-0.39, 0.29) is 17.5 Å². The Morgan fingerprint density at radius 2 is 1.84 bits per heavy atom. The number of rotatable bonds is 7. The molecule has 9 nitrogen and oxygen atoms in total. The first-order chi connectivity index (χ1) is 15.1. The highest BCUT2D eigenvalue weighted by Crippen LogP contribution is 2.16. The Morgan fingerprint density at radius 1 is 1.06 bits per heavy atom. The van der Waals surface area contributed by atoms with Gasteiger partial charge in [-0.3, -0.25) is 4.79 Å². The normalized spacial score (nSPS) is 10.6. The minimum atomic E-state index is -0.498. The molecule has 1 amide bonds. The van der Waals surface area contributed by atoms with Crippen molar-refractivity contribution in [2.24, 2.45) is 0 Å². The highest BCUT2D eigenvalue weighted by Gasteiger charge is 2.15. The van der Waals surface area contributed by atoms with Crippen LogP contribution < -0.4 is 5.32 Å². The molecule has 4 aromatic rings. The highest BCUT2D eigenvalue weighted by molar-refractivity contribution is 7.13. The topological polar surface area (TPSA) is 112 Å². The van der Waals surface area contributed by atoms with Crippen LogP contribution >= 0.6 is 11.3 Å². The van der Waals surface area contributed by atoms with E-state index in [4.69, 9.17) is 4.74 Å². The predicted molar refractivity (Wildman–Crippen MR) is 114 cm³/mol. The number of ether oxygens (including phenoxy) is 1. The van der Waals surface area contributed by atoms with Crippen molar-refractivity contribution < 1.29 is 14.3 Å². The largest absolute Gasteiger partial charge is 0.455 e. The number of benzene rings is 2. The van der Waals surface area contributed by atoms with Crippen molar-refractivity contribution in [3.05, 3.63) is 82.3 Å². The van der Waals surface area contributed by atoms with Crippen molar-refractivity contribution >= 4 is 28.9 Å². The number of carbonyl (C=O) groups excluding carboxylic acids is 2. The summed E-state index contributed by atoms with van der Waals surface area (Å²) in [6.07, 6.45) is 3.93. The third kappa shape index (κ3) is 4.98. The molecule has 0 aliphatic heterocycles. The van der Waals surface area contributed by atoms with E-state index in [1.54, 1.807) is 35.3 Å². The number of amides is 1. The van der Waals surface area contributed by atoms with Crippen molar-refractivity contribution in [1.29, 1.82) is 0 Å². The highest BCUT2D eigenvalue weighted by atomic mass is 32.1. The van der Waals surface area contributed by atoms with E-state index in [9.17, 15) is 9.59 Å². The quantitative estimate of drug-likeness (QED) is 0.444. The van der Waals surface area contributed by atoms with Gasteiger partial charge in [0.05, 0.1) is 11.3 Å². The molecule has 0 saturated carbocycles. The zero-order chi connectivity index (χ0) is 21.6. The molecule has 2 aromatic carbocycles. The monoisotopic (exact) mass is 434 g/mol. The smallest absolute Gasteiger partial charge is 0.338 e. The van der Waals surface area contributed by atoms with Gasteiger partial charge in [0, 0.05) is 5.69 Å². The number of nitrogens with zero attached hydrogens (tertiary/aromatic N) is 5. The number of anilines is 1. The Bertz CT molecular complexity index is 1170. The van der Waals surface area contributed by atoms with Crippen LogP contribution in [0.4, 0.5) is 5.69 Å². The van der Waals surface area contributed by atoms with Crippen molar-refractivity contribution in [2.75, 3.05) is 5.32 Å². The van der Waals surface area contributed by atoms with E-state index < -0.39 is 5.97 Å². The van der Waals surface area contributed by atoms with Crippen LogP contribution in [0, 0.1) is 0 Å². The number of aromatic nitrogens is 5. The number of hydrogen-bond acceptors (Lipinski definition) is 8. The SMILES string of the molecule is CCc1ccc(NC(=O)c2nnc(COC(=O)c3ccc(-n4cncn4)cc3)s2)cc1. The summed E-state index contributed by atoms with van der Waals surface area (Å²) in [7, 11) is 0. The van der Waals surface area contributed by atoms with Gasteiger partial charge in [-0.05, 0) is 48.4 Å². The number of esters is 1. The van der Waals surface area contributed by atoms with E-state index in [2.05, 4.69) is 32.5 Å². The van der Waals surface area contributed by atoms with Gasteiger partial charge in [-0.1, -0.05) is 30.4 Å². The van der Waals surface area contributed by atoms with Gasteiger partial charge < -0.3 is 10.1 Å². The maximum atomic E-state index is 12.3. The molecule has 0 radical (unpaired) electrons. The van der Waals surface area contributed by atoms with Gasteiger partial charge in [-0.25, -0.2) is 14.5 Å². The fourth-order valence-corrected chi connectivity index (χ4v) is 3.36. The molecule has 10 heteroatoms. The molecule has 0 spiro atoms. The number of hydrogen-bond donors (Lipinski definition) is 1. The van der Waals surface area contributed by atoms with Crippen LogP contribution in [-0.2, 0) is 17.8 Å². The third-order valence-corrected chi connectivity index (χ3v) is 5.29. The van der Waals surface area contributed by atoms with E-state index in [1.807, 2.05) is 24.3 Å². The third-order valence-electron chi connectivity index (χ3n) is 4.39. The number of nitrogens with one attached hydrogen (secondary N) is 1. The second kappa shape index (κ2) is 9.26. The minimum Gasteiger partial charge on any atom is -0.455 e. The van der Waals surface area contributed by atoms with Crippen molar-refractivity contribution in [1.82, 2.24) is 25.0 Å². The summed E-state index contributed by atoms with van der Waals surface area (Å²) in [6.45, 7) is 2.00. The van der Waals surface area contributed by atoms with Crippen LogP contribution in [0.25, 0.3) is 5.69 Å². The molecule has 2 aromatic heterocycles. The molecule has 4 rings (SSSR count). The van der Waals surface area contributed by atoms with Gasteiger partial charge in [0.1, 0.15) is 19.3 Å². The number of aryl methyl sites for hydroxylation is 1. The maximum Gasteiger partial charge on any atom is 0.338 e. The summed E-state index contributed by atoms with van der Waals surface area (Å²) < 4.78 is 6.87. The van der Waals surface area contributed by atoms with Crippen LogP contribution in [0.15, 0.2) is 61.2 Å². The van der Waals surface area contributed by atoms with E-state index >= 15 is 0 Å². The first kappa shape index (κ1) is 20.4. The summed E-state index contributed by atoms with van der Waals surface area (Å²) in [5.74, 6) is -0.856. The van der Waals surface area contributed by atoms with Crippen LogP contribution in [0.3, 0.4) is 0 Å². The Hall–Kier alpha value is -3.92. The van der Waals surface area contributed by atoms with Gasteiger partial charge >= 0.3 is 5.97 Å². The second-order valence-corrected chi connectivity index (χ2v) is 7.53. The molecular weight excluding hydrogens is 416 g/mol. The fourth-order valence-electron chi connectivity index (χ4n) is 2.71. The summed E-state index contributed by atoms with van der Waals surface area (Å²) in [5, 5.41) is 15.3. The fraction of sp³-hybridized carbons (Fsp3) is 0.143. The molecular formula is C21H18N6O3S. The zero-order valence-corrected chi connectivity index (χ0v) is 17.4. The molecule has 0 fully saturated rings. The van der Waals surface area contributed by atoms with Crippen LogP contribution in [0.5, 0.6) is 0 Å². The lowest BCUT2D eigenvalue weighted by molar-refractivity contribution is 0.0471. The molecule has 0 unspecified atom stereocenters. The lowest BCUT2D eigenvalue weighted by Gasteiger charge is -2.04. The van der Waals surface area contributed by atoms with Gasteiger partial charge in [-0.15, -0.1) is 10.2 Å². The standard InChI is InChI=1S/C21H18N6O3S/c1-2-14-3-7-16(8-4-14)24-19(28)20-26-25-18(31-20)11-30-21(29)15-5-9-17(10-6-15)27-13-22-12-23-27/h3-10,12-13H,2,11H2,1H3,(H,24,28). The molecule has 0 bridgehead atoms. The van der Waals surface area contributed by atoms with E-state index in [0.717, 1.165) is 23.4 Å². The zero-order valence-electron chi connectivity index (χ0n) is 16.6. The van der Waals surface area contributed by atoms with Crippen LogP contribution in [0.1, 0.15) is 37.7 Å². The Labute approximate surface area is 181 Å². The molecule has 0 saturated heterocycles. The molecule has 0 aliphatic rings. The van der Waals surface area contributed by atoms with Crippen LogP contribution in [-0.4, -0.2) is 36.8 Å². The van der Waals surface area contributed by atoms with Crippen molar-refractivity contribution in [3.63, 3.8) is 0 Å². The molecule has 2 heterocycles. The van der Waals surface area contributed by atoms with E-state index in [1.165, 1.54) is 11.9 Å². The first-order valence-electron chi connectivity index (χ1n) is 9.47. The van der Waals surface area contributed by atoms with Gasteiger partial charge in [-0.2, -0.15) is 5.10 Å². The van der Waals surface area contributed by atoms with Crippen molar-refractivity contribution in [3.8, 4) is 5.69 Å². The predicted octanol–water partition coefficient (Wildman–Crippen LogP) is 3.29. The van der Waals surface area contributed by atoms with E-state index in [0.29, 0.717) is 16.3 Å². The number of carbonyl (C=O) groups is 2. The Kier molecular flexibility index (Phi) is 6.08. The van der Waals surface area contributed by atoms with Crippen LogP contribution in [0.2, 0.25) is 0 Å². The summed E-state index contributed by atoms with van der Waals surface area (Å²) >= 11 is 1.08. The molecule has 31 heavy (non-hydrogen) atoms. The Balaban J connectivity index is 1.32. The summed E-state index contributed by atoms with van der Waals surface area (Å²) in [6, 6.07) is 14.4. The average Bonchev–Trinajstić information content (AvgIpc) is 3.51. The molecule has 156 valence electrons. The second-order valence-electron chi connectivity index (χ2n) is 6.47. The Morgan fingerprint density at radius 3 is 2.52 bits per heavy atom. The lowest BCUT2D eigenvalue weighted by atomic mass is 10.1.